The lowest BCUT2D eigenvalue weighted by Gasteiger charge is -2.06. The summed E-state index contributed by atoms with van der Waals surface area (Å²) in [6.45, 7) is 4.30. The maximum Gasteiger partial charge on any atom is 0.193 e. The van der Waals surface area contributed by atoms with E-state index < -0.39 is 0 Å². The second-order valence-corrected chi connectivity index (χ2v) is 6.29. The largest absolute Gasteiger partial charge is 0.399 e. The molecular formula is C16H17NOS. The van der Waals surface area contributed by atoms with Crippen molar-refractivity contribution < 1.29 is 4.79 Å². The summed E-state index contributed by atoms with van der Waals surface area (Å²) >= 11 is 1.79. The maximum absolute atomic E-state index is 12.2. The van der Waals surface area contributed by atoms with Gasteiger partial charge in [0.1, 0.15) is 0 Å². The predicted molar refractivity (Wildman–Crippen MR) is 81.7 cm³/mol. The first-order valence-corrected chi connectivity index (χ1v) is 7.11. The van der Waals surface area contributed by atoms with Gasteiger partial charge >= 0.3 is 0 Å². The van der Waals surface area contributed by atoms with Crippen molar-refractivity contribution in [3.63, 3.8) is 0 Å². The molecule has 0 amide bonds. The van der Waals surface area contributed by atoms with Crippen molar-refractivity contribution in [2.45, 2.75) is 24.0 Å². The highest BCUT2D eigenvalue weighted by Gasteiger charge is 2.08. The zero-order valence-electron chi connectivity index (χ0n) is 11.1. The molecule has 2 aromatic carbocycles. The Hall–Kier alpha value is -1.74. The van der Waals surface area contributed by atoms with E-state index in [0.717, 1.165) is 0 Å². The number of nitrogens with two attached hydrogens (primary N) is 1. The standard InChI is InChI=1S/C16H17NOS/c1-11(2)19-15-9-5-13(6-10-15)16(18)12-3-7-14(17)8-4-12/h3-11H,17H2,1-2H3. The molecule has 0 saturated heterocycles. The van der Waals surface area contributed by atoms with Gasteiger partial charge in [0.2, 0.25) is 0 Å². The number of carbonyl (C=O) groups excluding carboxylic acids is 1. The lowest BCUT2D eigenvalue weighted by Crippen LogP contribution is -2.01. The van der Waals surface area contributed by atoms with Crippen molar-refractivity contribution in [1.82, 2.24) is 0 Å². The first kappa shape index (κ1) is 13.7. The normalized spacial score (nSPS) is 10.7. The summed E-state index contributed by atoms with van der Waals surface area (Å²) in [6.07, 6.45) is 0. The first-order chi connectivity index (χ1) is 9.06. The summed E-state index contributed by atoms with van der Waals surface area (Å²) in [6, 6.07) is 14.8. The quantitative estimate of drug-likeness (QED) is 0.519. The zero-order chi connectivity index (χ0) is 13.8. The molecule has 2 rings (SSSR count). The summed E-state index contributed by atoms with van der Waals surface area (Å²) < 4.78 is 0. The van der Waals surface area contributed by atoms with Gasteiger partial charge in [-0.05, 0) is 48.5 Å². The van der Waals surface area contributed by atoms with Crippen molar-refractivity contribution in [2.75, 3.05) is 5.73 Å². The van der Waals surface area contributed by atoms with Crippen molar-refractivity contribution in [2.24, 2.45) is 0 Å². The van der Waals surface area contributed by atoms with E-state index in [1.807, 2.05) is 24.3 Å². The molecule has 0 heterocycles. The number of benzene rings is 2. The Balaban J connectivity index is 2.17. The topological polar surface area (TPSA) is 43.1 Å². The number of carbonyl (C=O) groups is 1. The van der Waals surface area contributed by atoms with Crippen LogP contribution in [0.25, 0.3) is 0 Å². The minimum absolute atomic E-state index is 0.0288. The lowest BCUT2D eigenvalue weighted by molar-refractivity contribution is 0.103. The molecule has 2 aromatic rings. The fourth-order valence-corrected chi connectivity index (χ4v) is 2.60. The second-order valence-electron chi connectivity index (χ2n) is 4.64. The summed E-state index contributed by atoms with van der Waals surface area (Å²) in [5.41, 5.74) is 7.66. The van der Waals surface area contributed by atoms with Gasteiger partial charge in [-0.2, -0.15) is 0 Å². The van der Waals surface area contributed by atoms with Gasteiger partial charge < -0.3 is 5.73 Å². The van der Waals surface area contributed by atoms with Crippen LogP contribution in [0.4, 0.5) is 5.69 Å². The Labute approximate surface area is 118 Å². The van der Waals surface area contributed by atoms with E-state index in [-0.39, 0.29) is 5.78 Å². The summed E-state index contributed by atoms with van der Waals surface area (Å²) in [4.78, 5) is 13.4. The average molecular weight is 271 g/mol. The van der Waals surface area contributed by atoms with Crippen LogP contribution in [-0.2, 0) is 0 Å². The smallest absolute Gasteiger partial charge is 0.193 e. The molecule has 0 saturated carbocycles. The van der Waals surface area contributed by atoms with E-state index in [1.54, 1.807) is 36.0 Å². The van der Waals surface area contributed by atoms with Crippen LogP contribution in [0.1, 0.15) is 29.8 Å². The third kappa shape index (κ3) is 3.61. The number of anilines is 1. The monoisotopic (exact) mass is 271 g/mol. The number of nitrogen functional groups attached to an aromatic ring is 1. The van der Waals surface area contributed by atoms with Gasteiger partial charge in [0, 0.05) is 27.0 Å². The molecule has 0 unspecified atom stereocenters. The van der Waals surface area contributed by atoms with Gasteiger partial charge in [0.25, 0.3) is 0 Å². The second kappa shape index (κ2) is 5.93. The molecule has 0 atom stereocenters. The molecular weight excluding hydrogens is 254 g/mol. The molecule has 19 heavy (non-hydrogen) atoms. The molecule has 98 valence electrons. The third-order valence-electron chi connectivity index (χ3n) is 2.66. The van der Waals surface area contributed by atoms with Crippen LogP contribution in [0.2, 0.25) is 0 Å². The van der Waals surface area contributed by atoms with Crippen LogP contribution in [0.15, 0.2) is 53.4 Å². The van der Waals surface area contributed by atoms with E-state index in [2.05, 4.69) is 13.8 Å². The number of rotatable bonds is 4. The van der Waals surface area contributed by atoms with Crippen LogP contribution < -0.4 is 5.73 Å². The minimum atomic E-state index is 0.0288. The van der Waals surface area contributed by atoms with Crippen molar-refractivity contribution in [3.05, 3.63) is 59.7 Å². The van der Waals surface area contributed by atoms with Gasteiger partial charge in [-0.1, -0.05) is 13.8 Å². The maximum atomic E-state index is 12.2. The van der Waals surface area contributed by atoms with E-state index in [0.29, 0.717) is 22.1 Å². The highest BCUT2D eigenvalue weighted by atomic mass is 32.2. The zero-order valence-corrected chi connectivity index (χ0v) is 11.9. The van der Waals surface area contributed by atoms with Gasteiger partial charge in [-0.15, -0.1) is 11.8 Å². The Morgan fingerprint density at radius 3 is 1.89 bits per heavy atom. The van der Waals surface area contributed by atoms with E-state index in [4.69, 9.17) is 5.73 Å². The molecule has 0 spiro atoms. The lowest BCUT2D eigenvalue weighted by atomic mass is 10.0. The molecule has 0 fully saturated rings. The highest BCUT2D eigenvalue weighted by molar-refractivity contribution is 7.99. The molecule has 3 heteroatoms. The SMILES string of the molecule is CC(C)Sc1ccc(C(=O)c2ccc(N)cc2)cc1. The van der Waals surface area contributed by atoms with E-state index >= 15 is 0 Å². The average Bonchev–Trinajstić information content (AvgIpc) is 2.39. The van der Waals surface area contributed by atoms with Gasteiger partial charge in [0.05, 0.1) is 0 Å². The third-order valence-corrected chi connectivity index (χ3v) is 3.68. The minimum Gasteiger partial charge on any atom is -0.399 e. The van der Waals surface area contributed by atoms with Crippen molar-refractivity contribution in [1.29, 1.82) is 0 Å². The molecule has 0 aliphatic heterocycles. The summed E-state index contributed by atoms with van der Waals surface area (Å²) in [5.74, 6) is 0.0288. The fraction of sp³-hybridized carbons (Fsp3) is 0.188. The number of thioether (sulfide) groups is 1. The Bertz CT molecular complexity index is 558. The van der Waals surface area contributed by atoms with Crippen LogP contribution >= 0.6 is 11.8 Å². The Morgan fingerprint density at radius 1 is 0.947 bits per heavy atom. The Morgan fingerprint density at radius 2 is 1.42 bits per heavy atom. The number of hydrogen-bond donors (Lipinski definition) is 1. The van der Waals surface area contributed by atoms with Gasteiger partial charge in [0.15, 0.2) is 5.78 Å². The number of hydrogen-bond acceptors (Lipinski definition) is 3. The van der Waals surface area contributed by atoms with E-state index in [9.17, 15) is 4.79 Å². The molecule has 0 bridgehead atoms. The van der Waals surface area contributed by atoms with Gasteiger partial charge in [-0.3, -0.25) is 4.79 Å². The first-order valence-electron chi connectivity index (χ1n) is 6.23. The van der Waals surface area contributed by atoms with Crippen LogP contribution in [0.5, 0.6) is 0 Å². The van der Waals surface area contributed by atoms with Crippen LogP contribution in [0.3, 0.4) is 0 Å². The molecule has 0 aliphatic carbocycles. The molecule has 2 nitrogen and oxygen atoms in total. The summed E-state index contributed by atoms with van der Waals surface area (Å²) in [5, 5.41) is 0.540. The van der Waals surface area contributed by atoms with Crippen LogP contribution in [0, 0.1) is 0 Å². The fourth-order valence-electron chi connectivity index (χ4n) is 1.76. The van der Waals surface area contributed by atoms with Gasteiger partial charge in [-0.25, -0.2) is 0 Å². The summed E-state index contributed by atoms with van der Waals surface area (Å²) in [7, 11) is 0. The Kier molecular flexibility index (Phi) is 4.27. The highest BCUT2D eigenvalue weighted by Crippen LogP contribution is 2.23. The molecule has 0 aliphatic rings. The van der Waals surface area contributed by atoms with Crippen LogP contribution in [-0.4, -0.2) is 11.0 Å². The predicted octanol–water partition coefficient (Wildman–Crippen LogP) is 4.00. The molecule has 0 aromatic heterocycles. The number of ketones is 1. The molecule has 2 N–H and O–H groups in total. The van der Waals surface area contributed by atoms with Crippen molar-refractivity contribution in [3.8, 4) is 0 Å². The molecule has 0 radical (unpaired) electrons. The van der Waals surface area contributed by atoms with E-state index in [1.165, 1.54) is 4.90 Å². The van der Waals surface area contributed by atoms with Crippen molar-refractivity contribution >= 4 is 23.2 Å².